The third kappa shape index (κ3) is 5.83. The van der Waals surface area contributed by atoms with E-state index in [2.05, 4.69) is 46.4 Å². The molecular weight excluding hydrogens is 500 g/mol. The van der Waals surface area contributed by atoms with Crippen molar-refractivity contribution >= 4 is 28.4 Å². The molecule has 2 saturated heterocycles. The Labute approximate surface area is 226 Å². The fourth-order valence-electron chi connectivity index (χ4n) is 4.94. The van der Waals surface area contributed by atoms with Gasteiger partial charge in [0, 0.05) is 43.5 Å². The predicted octanol–water partition coefficient (Wildman–Crippen LogP) is 1.36. The molecule has 204 valence electrons. The normalized spacial score (nSPS) is 24.5. The summed E-state index contributed by atoms with van der Waals surface area (Å²) < 4.78 is 11.2. The number of aliphatic hydroxyl groups is 3. The number of benzene rings is 2. The van der Waals surface area contributed by atoms with E-state index in [0.29, 0.717) is 11.5 Å². The van der Waals surface area contributed by atoms with Gasteiger partial charge in [-0.3, -0.25) is 4.79 Å². The minimum absolute atomic E-state index is 0.113. The Bertz CT molecular complexity index is 1400. The van der Waals surface area contributed by atoms with Crippen LogP contribution < -0.4 is 10.2 Å². The Morgan fingerprint density at radius 2 is 1.82 bits per heavy atom. The smallest absolute Gasteiger partial charge is 0.262 e. The number of hydrogen-bond donors (Lipinski definition) is 4. The van der Waals surface area contributed by atoms with Crippen molar-refractivity contribution in [1.29, 1.82) is 5.26 Å². The molecule has 2 aliphatic heterocycles. The van der Waals surface area contributed by atoms with E-state index in [1.807, 2.05) is 18.2 Å². The summed E-state index contributed by atoms with van der Waals surface area (Å²) in [5.41, 5.74) is 1.86. The summed E-state index contributed by atoms with van der Waals surface area (Å²) in [5.74, 6) is 0.181. The van der Waals surface area contributed by atoms with Gasteiger partial charge in [-0.2, -0.15) is 5.26 Å². The highest BCUT2D eigenvalue weighted by Crippen LogP contribution is 2.29. The molecule has 0 spiro atoms. The Morgan fingerprint density at radius 3 is 2.56 bits per heavy atom. The van der Waals surface area contributed by atoms with Crippen LogP contribution in [0.2, 0.25) is 0 Å². The maximum atomic E-state index is 12.7. The lowest BCUT2D eigenvalue weighted by Crippen LogP contribution is -2.60. The molecule has 10 heteroatoms. The van der Waals surface area contributed by atoms with Crippen LogP contribution in [0.4, 0.5) is 5.69 Å². The van der Waals surface area contributed by atoms with Gasteiger partial charge in [-0.25, -0.2) is 0 Å². The Kier molecular flexibility index (Phi) is 7.97. The van der Waals surface area contributed by atoms with Crippen molar-refractivity contribution in [2.24, 2.45) is 0 Å². The summed E-state index contributed by atoms with van der Waals surface area (Å²) in [6, 6.07) is 16.9. The van der Waals surface area contributed by atoms with E-state index >= 15 is 0 Å². The van der Waals surface area contributed by atoms with Gasteiger partial charge in [-0.15, -0.1) is 0 Å². The van der Waals surface area contributed by atoms with Crippen LogP contribution in [0, 0.1) is 11.3 Å². The Balaban J connectivity index is 1.28. The van der Waals surface area contributed by atoms with Gasteiger partial charge in [0.15, 0.2) is 0 Å². The van der Waals surface area contributed by atoms with Gasteiger partial charge >= 0.3 is 0 Å². The molecule has 3 heterocycles. The zero-order valence-electron chi connectivity index (χ0n) is 21.7. The van der Waals surface area contributed by atoms with E-state index in [-0.39, 0.29) is 12.2 Å². The number of anilines is 1. The molecule has 2 aliphatic rings. The van der Waals surface area contributed by atoms with Crippen LogP contribution in [0.5, 0.6) is 0 Å². The molecule has 2 aromatic carbocycles. The fourth-order valence-corrected chi connectivity index (χ4v) is 4.94. The number of carbonyl (C=O) groups excluding carboxylic acids is 1. The number of ether oxygens (including phenoxy) is 1. The highest BCUT2D eigenvalue weighted by molar-refractivity contribution is 6.01. The Hall–Kier alpha value is -3.72. The van der Waals surface area contributed by atoms with Crippen molar-refractivity contribution in [2.45, 2.75) is 24.4 Å². The second-order valence-electron chi connectivity index (χ2n) is 10.0. The number of nitriles is 1. The van der Waals surface area contributed by atoms with Gasteiger partial charge in [-0.05, 0) is 48.2 Å². The SMILES string of the molecule is CN1CCN(c2ccc3cc(-c4ccc(/C=C(\C#N)C(=O)N[C@H]5CO[C@H](CO)[C@@H](O)[C@@H]5O)o4)ccc3c2)CC1. The molecule has 0 unspecified atom stereocenters. The first-order chi connectivity index (χ1) is 18.9. The van der Waals surface area contributed by atoms with Crippen LogP contribution in [-0.2, 0) is 9.53 Å². The number of amides is 1. The summed E-state index contributed by atoms with van der Waals surface area (Å²) in [6.45, 7) is 3.54. The number of fused-ring (bicyclic) bond motifs is 1. The van der Waals surface area contributed by atoms with Crippen LogP contribution in [0.15, 0.2) is 58.5 Å². The molecule has 5 rings (SSSR count). The third-order valence-corrected chi connectivity index (χ3v) is 7.38. The van der Waals surface area contributed by atoms with E-state index in [1.165, 1.54) is 11.8 Å². The highest BCUT2D eigenvalue weighted by atomic mass is 16.5. The number of hydrogen-bond acceptors (Lipinski definition) is 9. The molecule has 1 amide bonds. The first-order valence-electron chi connectivity index (χ1n) is 12.9. The lowest BCUT2D eigenvalue weighted by Gasteiger charge is -2.37. The number of nitrogens with zero attached hydrogens (tertiary/aromatic N) is 3. The first-order valence-corrected chi connectivity index (χ1v) is 12.9. The largest absolute Gasteiger partial charge is 0.457 e. The molecule has 2 fully saturated rings. The van der Waals surface area contributed by atoms with Crippen LogP contribution in [0.25, 0.3) is 28.2 Å². The number of piperazine rings is 1. The first kappa shape index (κ1) is 26.9. The van der Waals surface area contributed by atoms with Gasteiger partial charge in [0.2, 0.25) is 0 Å². The number of furan rings is 1. The summed E-state index contributed by atoms with van der Waals surface area (Å²) in [6.07, 6.45) is -2.32. The van der Waals surface area contributed by atoms with Gasteiger partial charge in [0.05, 0.1) is 19.3 Å². The van der Waals surface area contributed by atoms with Gasteiger partial charge in [0.1, 0.15) is 41.5 Å². The predicted molar refractivity (Wildman–Crippen MR) is 146 cm³/mol. The summed E-state index contributed by atoms with van der Waals surface area (Å²) in [4.78, 5) is 17.4. The van der Waals surface area contributed by atoms with E-state index < -0.39 is 36.9 Å². The van der Waals surface area contributed by atoms with Gasteiger partial charge < -0.3 is 39.6 Å². The van der Waals surface area contributed by atoms with Crippen LogP contribution in [-0.4, -0.2) is 96.9 Å². The average molecular weight is 533 g/mol. The molecule has 1 aromatic heterocycles. The monoisotopic (exact) mass is 532 g/mol. The van der Waals surface area contributed by atoms with Crippen LogP contribution in [0.1, 0.15) is 5.76 Å². The maximum Gasteiger partial charge on any atom is 0.262 e. The molecular formula is C29H32N4O6. The molecule has 4 atom stereocenters. The zero-order chi connectivity index (χ0) is 27.5. The second-order valence-corrected chi connectivity index (χ2v) is 10.0. The molecule has 0 bridgehead atoms. The number of aliphatic hydroxyl groups excluding tert-OH is 3. The van der Waals surface area contributed by atoms with E-state index in [9.17, 15) is 25.4 Å². The number of rotatable bonds is 6. The molecule has 0 saturated carbocycles. The maximum absolute atomic E-state index is 12.7. The highest BCUT2D eigenvalue weighted by Gasteiger charge is 2.39. The quantitative estimate of drug-likeness (QED) is 0.273. The summed E-state index contributed by atoms with van der Waals surface area (Å²) >= 11 is 0. The molecule has 4 N–H and O–H groups in total. The third-order valence-electron chi connectivity index (χ3n) is 7.38. The second kappa shape index (κ2) is 11.6. The summed E-state index contributed by atoms with van der Waals surface area (Å²) in [5, 5.41) is 43.7. The number of nitrogens with one attached hydrogen (secondary N) is 1. The lowest BCUT2D eigenvalue weighted by molar-refractivity contribution is -0.163. The Morgan fingerprint density at radius 1 is 1.08 bits per heavy atom. The fraction of sp³-hybridized carbons (Fsp3) is 0.379. The van der Waals surface area contributed by atoms with Gasteiger partial charge in [-0.1, -0.05) is 18.2 Å². The van der Waals surface area contributed by atoms with Gasteiger partial charge in [0.25, 0.3) is 5.91 Å². The molecule has 39 heavy (non-hydrogen) atoms. The summed E-state index contributed by atoms with van der Waals surface area (Å²) in [7, 11) is 2.14. The van der Waals surface area contributed by atoms with Crippen molar-refractivity contribution in [3.63, 3.8) is 0 Å². The lowest BCUT2D eigenvalue weighted by atomic mass is 9.98. The minimum Gasteiger partial charge on any atom is -0.457 e. The topological polar surface area (TPSA) is 142 Å². The van der Waals surface area contributed by atoms with E-state index in [4.69, 9.17) is 9.15 Å². The molecule has 3 aromatic rings. The van der Waals surface area contributed by atoms with Crippen LogP contribution in [0.3, 0.4) is 0 Å². The number of carbonyl (C=O) groups is 1. The molecule has 0 radical (unpaired) electrons. The van der Waals surface area contributed by atoms with Crippen molar-refractivity contribution in [1.82, 2.24) is 10.2 Å². The number of likely N-dealkylation sites (N-methyl/N-ethyl adjacent to an activating group) is 1. The van der Waals surface area contributed by atoms with Crippen molar-refractivity contribution in [2.75, 3.05) is 51.3 Å². The van der Waals surface area contributed by atoms with E-state index in [0.717, 1.165) is 42.5 Å². The van der Waals surface area contributed by atoms with Crippen LogP contribution >= 0.6 is 0 Å². The molecule has 10 nitrogen and oxygen atoms in total. The van der Waals surface area contributed by atoms with Crippen molar-refractivity contribution in [3.8, 4) is 17.4 Å². The van der Waals surface area contributed by atoms with Crippen molar-refractivity contribution in [3.05, 3.63) is 59.9 Å². The van der Waals surface area contributed by atoms with E-state index in [1.54, 1.807) is 12.1 Å². The zero-order valence-corrected chi connectivity index (χ0v) is 21.7. The average Bonchev–Trinajstić information content (AvgIpc) is 3.43. The molecule has 0 aliphatic carbocycles. The standard InChI is InChI=1S/C29H32N4O6/c1-32-8-10-33(11-9-32)22-5-4-18-12-20(3-2-19(18)13-22)25-7-6-23(39-25)14-21(15-30)29(37)31-24-17-38-26(16-34)28(36)27(24)35/h2-7,12-14,24,26-28,34-36H,8-11,16-17H2,1H3,(H,31,37)/b21-14+/t24-,26+,27+,28+/m0/s1. The minimum atomic E-state index is -1.36. The van der Waals surface area contributed by atoms with Crippen molar-refractivity contribution < 1.29 is 29.3 Å².